The highest BCUT2D eigenvalue weighted by molar-refractivity contribution is 7.89. The Morgan fingerprint density at radius 3 is 2.36 bits per heavy atom. The zero-order chi connectivity index (χ0) is 16.2. The molecule has 1 aromatic carbocycles. The van der Waals surface area contributed by atoms with Crippen LogP contribution in [-0.2, 0) is 14.8 Å². The largest absolute Gasteiger partial charge is 0.355 e. The van der Waals surface area contributed by atoms with Gasteiger partial charge in [-0.05, 0) is 43.0 Å². The van der Waals surface area contributed by atoms with Crippen molar-refractivity contribution in [1.82, 2.24) is 9.62 Å². The van der Waals surface area contributed by atoms with Crippen LogP contribution in [0, 0.1) is 5.92 Å². The second-order valence-electron chi connectivity index (χ2n) is 5.24. The molecule has 0 aromatic heterocycles. The van der Waals surface area contributed by atoms with E-state index < -0.39 is 10.0 Å². The number of halogens is 2. The maximum Gasteiger partial charge on any atom is 0.243 e. The van der Waals surface area contributed by atoms with E-state index in [2.05, 4.69) is 5.32 Å². The molecule has 8 heteroatoms. The molecule has 0 bridgehead atoms. The second-order valence-corrected chi connectivity index (χ2v) is 7.88. The fraction of sp³-hybridized carbons (Fsp3) is 0.500. The Morgan fingerprint density at radius 2 is 1.82 bits per heavy atom. The van der Waals surface area contributed by atoms with Crippen LogP contribution in [-0.4, -0.2) is 44.1 Å². The molecule has 122 valence electrons. The number of alkyl halides is 1. The van der Waals surface area contributed by atoms with Crippen molar-refractivity contribution in [2.75, 3.05) is 25.5 Å². The number of sulfonamides is 1. The number of benzene rings is 1. The van der Waals surface area contributed by atoms with Gasteiger partial charge in [-0.2, -0.15) is 4.31 Å². The molecule has 1 N–H and O–H groups in total. The summed E-state index contributed by atoms with van der Waals surface area (Å²) in [7, 11) is -3.47. The van der Waals surface area contributed by atoms with Gasteiger partial charge in [0.2, 0.25) is 15.9 Å². The first-order valence-electron chi connectivity index (χ1n) is 7.02. The molecular formula is C14H18Cl2N2O3S. The van der Waals surface area contributed by atoms with E-state index in [1.807, 2.05) is 0 Å². The zero-order valence-electron chi connectivity index (χ0n) is 12.0. The predicted molar refractivity (Wildman–Crippen MR) is 86.7 cm³/mol. The standard InChI is InChI=1S/C14H18Cl2N2O3S/c15-9-14(19)17-10-11-5-7-18(8-6-11)22(20,21)13-3-1-12(16)2-4-13/h1-4,11H,5-10H2,(H,17,19). The zero-order valence-corrected chi connectivity index (χ0v) is 14.3. The molecule has 2 rings (SSSR count). The maximum absolute atomic E-state index is 12.5. The lowest BCUT2D eigenvalue weighted by atomic mass is 9.98. The third-order valence-corrected chi connectivity index (χ3v) is 6.14. The summed E-state index contributed by atoms with van der Waals surface area (Å²) in [5.41, 5.74) is 0. The Hall–Kier alpha value is -0.820. The lowest BCUT2D eigenvalue weighted by Crippen LogP contribution is -2.41. The molecule has 0 aliphatic carbocycles. The number of nitrogens with zero attached hydrogens (tertiary/aromatic N) is 1. The molecule has 1 heterocycles. The van der Waals surface area contributed by atoms with Gasteiger partial charge in [0, 0.05) is 24.7 Å². The van der Waals surface area contributed by atoms with Crippen molar-refractivity contribution in [1.29, 1.82) is 0 Å². The van der Waals surface area contributed by atoms with Crippen LogP contribution in [0.25, 0.3) is 0 Å². The van der Waals surface area contributed by atoms with Crippen LogP contribution >= 0.6 is 23.2 Å². The highest BCUT2D eigenvalue weighted by Gasteiger charge is 2.29. The Morgan fingerprint density at radius 1 is 1.23 bits per heavy atom. The molecule has 1 saturated heterocycles. The summed E-state index contributed by atoms with van der Waals surface area (Å²) in [5, 5.41) is 3.25. The minimum atomic E-state index is -3.47. The Balaban J connectivity index is 1.93. The van der Waals surface area contributed by atoms with Crippen molar-refractivity contribution in [3.8, 4) is 0 Å². The minimum absolute atomic E-state index is 0.0518. The predicted octanol–water partition coefficient (Wildman–Crippen LogP) is 2.10. The topological polar surface area (TPSA) is 66.5 Å². The summed E-state index contributed by atoms with van der Waals surface area (Å²) < 4.78 is 26.5. The average molecular weight is 365 g/mol. The smallest absolute Gasteiger partial charge is 0.243 e. The Labute approximate surface area is 140 Å². The third kappa shape index (κ3) is 4.35. The Kier molecular flexibility index (Phi) is 6.09. The van der Waals surface area contributed by atoms with Crippen LogP contribution in [0.1, 0.15) is 12.8 Å². The van der Waals surface area contributed by atoms with E-state index in [0.717, 1.165) is 12.8 Å². The van der Waals surface area contributed by atoms with Gasteiger partial charge in [-0.3, -0.25) is 4.79 Å². The number of carbonyl (C=O) groups excluding carboxylic acids is 1. The molecule has 1 aromatic rings. The first-order chi connectivity index (χ1) is 10.4. The van der Waals surface area contributed by atoms with Crippen molar-refractivity contribution < 1.29 is 13.2 Å². The Bertz CT molecular complexity index is 611. The van der Waals surface area contributed by atoms with Gasteiger partial charge < -0.3 is 5.32 Å². The van der Waals surface area contributed by atoms with Crippen LogP contribution in [0.3, 0.4) is 0 Å². The molecule has 1 aliphatic rings. The fourth-order valence-corrected chi connectivity index (χ4v) is 4.10. The summed E-state index contributed by atoms with van der Waals surface area (Å²) in [4.78, 5) is 11.4. The molecule has 0 atom stereocenters. The third-order valence-electron chi connectivity index (χ3n) is 3.73. The van der Waals surface area contributed by atoms with Gasteiger partial charge in [0.05, 0.1) is 4.90 Å². The van der Waals surface area contributed by atoms with Crippen molar-refractivity contribution in [3.63, 3.8) is 0 Å². The number of hydrogen-bond donors (Lipinski definition) is 1. The molecule has 0 radical (unpaired) electrons. The normalized spacial score (nSPS) is 17.4. The average Bonchev–Trinajstić information content (AvgIpc) is 2.53. The van der Waals surface area contributed by atoms with E-state index in [1.165, 1.54) is 16.4 Å². The van der Waals surface area contributed by atoms with Gasteiger partial charge >= 0.3 is 0 Å². The van der Waals surface area contributed by atoms with Crippen LogP contribution in [0.2, 0.25) is 5.02 Å². The molecule has 1 fully saturated rings. The van der Waals surface area contributed by atoms with E-state index in [1.54, 1.807) is 12.1 Å². The van der Waals surface area contributed by atoms with Crippen molar-refractivity contribution >= 4 is 39.1 Å². The van der Waals surface area contributed by atoms with Crippen LogP contribution in [0.4, 0.5) is 0 Å². The molecule has 5 nitrogen and oxygen atoms in total. The highest BCUT2D eigenvalue weighted by Crippen LogP contribution is 2.24. The van der Waals surface area contributed by atoms with Crippen molar-refractivity contribution in [2.24, 2.45) is 5.92 Å². The molecule has 0 unspecified atom stereocenters. The monoisotopic (exact) mass is 364 g/mol. The van der Waals surface area contributed by atoms with Gasteiger partial charge in [-0.15, -0.1) is 11.6 Å². The van der Waals surface area contributed by atoms with Crippen molar-refractivity contribution in [3.05, 3.63) is 29.3 Å². The molecular weight excluding hydrogens is 347 g/mol. The lowest BCUT2D eigenvalue weighted by Gasteiger charge is -2.31. The SMILES string of the molecule is O=C(CCl)NCC1CCN(S(=O)(=O)c2ccc(Cl)cc2)CC1. The number of amides is 1. The number of hydrogen-bond acceptors (Lipinski definition) is 3. The summed E-state index contributed by atoms with van der Waals surface area (Å²) in [5.74, 6) is 0.0331. The fourth-order valence-electron chi connectivity index (χ4n) is 2.41. The lowest BCUT2D eigenvalue weighted by molar-refractivity contribution is -0.118. The number of rotatable bonds is 5. The van der Waals surface area contributed by atoms with Gasteiger partial charge in [0.15, 0.2) is 0 Å². The van der Waals surface area contributed by atoms with Gasteiger partial charge in [-0.25, -0.2) is 8.42 Å². The second kappa shape index (κ2) is 7.64. The van der Waals surface area contributed by atoms with Gasteiger partial charge in [0.1, 0.15) is 5.88 Å². The van der Waals surface area contributed by atoms with E-state index in [4.69, 9.17) is 23.2 Å². The molecule has 0 saturated carbocycles. The summed E-state index contributed by atoms with van der Waals surface area (Å²) >= 11 is 11.2. The van der Waals surface area contributed by atoms with Crippen LogP contribution < -0.4 is 5.32 Å². The maximum atomic E-state index is 12.5. The van der Waals surface area contributed by atoms with Crippen molar-refractivity contribution in [2.45, 2.75) is 17.7 Å². The summed E-state index contributed by atoms with van der Waals surface area (Å²) in [6.07, 6.45) is 1.44. The minimum Gasteiger partial charge on any atom is -0.355 e. The molecule has 1 aliphatic heterocycles. The number of nitrogens with one attached hydrogen (secondary N) is 1. The van der Waals surface area contributed by atoms with E-state index in [0.29, 0.717) is 24.7 Å². The van der Waals surface area contributed by atoms with Gasteiger partial charge in [-0.1, -0.05) is 11.6 Å². The van der Waals surface area contributed by atoms with Crippen LogP contribution in [0.15, 0.2) is 29.2 Å². The summed E-state index contributed by atoms with van der Waals surface area (Å²) in [6, 6.07) is 6.18. The van der Waals surface area contributed by atoms with Gasteiger partial charge in [0.25, 0.3) is 0 Å². The summed E-state index contributed by atoms with van der Waals surface area (Å²) in [6.45, 7) is 1.44. The first-order valence-corrected chi connectivity index (χ1v) is 9.37. The van der Waals surface area contributed by atoms with E-state index in [-0.39, 0.29) is 22.6 Å². The quantitative estimate of drug-likeness (QED) is 0.813. The molecule has 1 amide bonds. The highest BCUT2D eigenvalue weighted by atomic mass is 35.5. The molecule has 22 heavy (non-hydrogen) atoms. The van der Waals surface area contributed by atoms with Crippen LogP contribution in [0.5, 0.6) is 0 Å². The molecule has 0 spiro atoms. The number of piperidine rings is 1. The first kappa shape index (κ1) is 17.5. The number of carbonyl (C=O) groups is 1. The van der Waals surface area contributed by atoms with E-state index >= 15 is 0 Å². The van der Waals surface area contributed by atoms with E-state index in [9.17, 15) is 13.2 Å².